The summed E-state index contributed by atoms with van der Waals surface area (Å²) in [5.74, 6) is -0.449. The summed E-state index contributed by atoms with van der Waals surface area (Å²) in [6.45, 7) is 8.04. The Morgan fingerprint density at radius 2 is 1.63 bits per heavy atom. The van der Waals surface area contributed by atoms with Crippen molar-refractivity contribution in [3.05, 3.63) is 65.2 Å². The maximum Gasteiger partial charge on any atom is 0.262 e. The maximum absolute atomic E-state index is 13.4. The number of ether oxygens (including phenoxy) is 1. The van der Waals surface area contributed by atoms with Crippen LogP contribution in [0.2, 0.25) is 0 Å². The number of hydrogen-bond donors (Lipinski definition) is 0. The molecule has 0 radical (unpaired) electrons. The van der Waals surface area contributed by atoms with Crippen molar-refractivity contribution >= 4 is 29.0 Å². The van der Waals surface area contributed by atoms with Gasteiger partial charge in [-0.2, -0.15) is 0 Å². The second-order valence-corrected chi connectivity index (χ2v) is 8.06. The van der Waals surface area contributed by atoms with E-state index >= 15 is 0 Å². The average Bonchev–Trinajstić information content (AvgIpc) is 2.93. The lowest BCUT2D eigenvalue weighted by atomic mass is 9.88. The first kappa shape index (κ1) is 19.9. The molecule has 0 N–H and O–H groups in total. The van der Waals surface area contributed by atoms with Crippen LogP contribution in [-0.2, 0) is 4.79 Å². The number of anilines is 1. The highest BCUT2D eigenvalue weighted by atomic mass is 16.5. The van der Waals surface area contributed by atoms with Crippen LogP contribution in [-0.4, -0.2) is 41.3 Å². The largest absolute Gasteiger partial charge is 0.494 e. The highest BCUT2D eigenvalue weighted by Gasteiger charge is 2.41. The molecular formula is C24H24N2O4. The van der Waals surface area contributed by atoms with Gasteiger partial charge in [0.05, 0.1) is 29.0 Å². The molecule has 2 aromatic rings. The molecule has 0 spiro atoms. The van der Waals surface area contributed by atoms with Crippen LogP contribution in [0.3, 0.4) is 0 Å². The number of rotatable bonds is 4. The third kappa shape index (κ3) is 3.09. The standard InChI is InChI=1S/C24H24N2O4/c1-5-30-16-10-11-20-19(12-16)15(2)13-24(3,4)26(20)21(27)14-25-22(28)17-8-6-7-9-18(17)23(25)29/h6-13H,5,14H2,1-4H3. The zero-order valence-electron chi connectivity index (χ0n) is 17.6. The fourth-order valence-electron chi connectivity index (χ4n) is 4.31. The van der Waals surface area contributed by atoms with Crippen LogP contribution in [0.1, 0.15) is 54.0 Å². The Kier molecular flexibility index (Phi) is 4.73. The molecule has 0 unspecified atom stereocenters. The van der Waals surface area contributed by atoms with E-state index in [1.165, 1.54) is 0 Å². The fourth-order valence-corrected chi connectivity index (χ4v) is 4.31. The van der Waals surface area contributed by atoms with E-state index in [4.69, 9.17) is 4.74 Å². The second kappa shape index (κ2) is 7.13. The van der Waals surface area contributed by atoms with Crippen LogP contribution in [0, 0.1) is 0 Å². The number of carbonyl (C=O) groups is 3. The van der Waals surface area contributed by atoms with E-state index < -0.39 is 17.4 Å². The van der Waals surface area contributed by atoms with Gasteiger partial charge in [-0.05, 0) is 63.6 Å². The van der Waals surface area contributed by atoms with E-state index in [1.54, 1.807) is 29.2 Å². The molecule has 3 amide bonds. The van der Waals surface area contributed by atoms with Crippen molar-refractivity contribution in [2.75, 3.05) is 18.1 Å². The first-order valence-electron chi connectivity index (χ1n) is 9.99. The van der Waals surface area contributed by atoms with Gasteiger partial charge in [-0.3, -0.25) is 19.3 Å². The van der Waals surface area contributed by atoms with Gasteiger partial charge in [-0.1, -0.05) is 18.2 Å². The zero-order valence-corrected chi connectivity index (χ0v) is 17.6. The molecule has 2 aliphatic rings. The van der Waals surface area contributed by atoms with Crippen molar-refractivity contribution in [2.24, 2.45) is 0 Å². The molecule has 0 atom stereocenters. The van der Waals surface area contributed by atoms with Gasteiger partial charge in [0.2, 0.25) is 5.91 Å². The molecule has 0 saturated carbocycles. The third-order valence-corrected chi connectivity index (χ3v) is 5.51. The predicted octanol–water partition coefficient (Wildman–Crippen LogP) is 3.91. The maximum atomic E-state index is 13.4. The smallest absolute Gasteiger partial charge is 0.262 e. The number of amides is 3. The number of fused-ring (bicyclic) bond motifs is 2. The van der Waals surface area contributed by atoms with Gasteiger partial charge >= 0.3 is 0 Å². The molecule has 154 valence electrons. The van der Waals surface area contributed by atoms with Gasteiger partial charge < -0.3 is 9.64 Å². The number of nitrogens with zero attached hydrogens (tertiary/aromatic N) is 2. The van der Waals surface area contributed by atoms with E-state index in [0.717, 1.165) is 27.5 Å². The molecule has 0 saturated heterocycles. The van der Waals surface area contributed by atoms with E-state index in [-0.39, 0.29) is 12.5 Å². The van der Waals surface area contributed by atoms with Gasteiger partial charge in [0.15, 0.2) is 0 Å². The van der Waals surface area contributed by atoms with Crippen molar-refractivity contribution in [1.82, 2.24) is 4.90 Å². The Morgan fingerprint density at radius 3 is 2.23 bits per heavy atom. The fraction of sp³-hybridized carbons (Fsp3) is 0.292. The third-order valence-electron chi connectivity index (χ3n) is 5.51. The minimum atomic E-state index is -0.611. The Labute approximate surface area is 175 Å². The first-order valence-corrected chi connectivity index (χ1v) is 9.99. The highest BCUT2D eigenvalue weighted by molar-refractivity contribution is 6.23. The predicted molar refractivity (Wildman–Crippen MR) is 115 cm³/mol. The second-order valence-electron chi connectivity index (χ2n) is 8.06. The topological polar surface area (TPSA) is 66.9 Å². The van der Waals surface area contributed by atoms with E-state index in [1.807, 2.05) is 52.0 Å². The van der Waals surface area contributed by atoms with Crippen LogP contribution < -0.4 is 9.64 Å². The highest BCUT2D eigenvalue weighted by Crippen LogP contribution is 2.41. The van der Waals surface area contributed by atoms with Crippen molar-refractivity contribution in [3.63, 3.8) is 0 Å². The summed E-state index contributed by atoms with van der Waals surface area (Å²) in [5.41, 5.74) is 2.75. The van der Waals surface area contributed by atoms with E-state index in [9.17, 15) is 14.4 Å². The number of imide groups is 1. The Morgan fingerprint density at radius 1 is 1.00 bits per heavy atom. The normalized spacial score (nSPS) is 16.9. The van der Waals surface area contributed by atoms with Crippen LogP contribution in [0.25, 0.3) is 5.57 Å². The quantitative estimate of drug-likeness (QED) is 0.725. The minimum Gasteiger partial charge on any atom is -0.494 e. The number of hydrogen-bond acceptors (Lipinski definition) is 4. The lowest BCUT2D eigenvalue weighted by Crippen LogP contribution is -2.53. The summed E-state index contributed by atoms with van der Waals surface area (Å²) in [6.07, 6.45) is 2.02. The molecule has 2 aliphatic heterocycles. The van der Waals surface area contributed by atoms with Gasteiger partial charge in [0, 0.05) is 5.56 Å². The monoisotopic (exact) mass is 404 g/mol. The van der Waals surface area contributed by atoms with E-state index in [2.05, 4.69) is 0 Å². The summed E-state index contributed by atoms with van der Waals surface area (Å²) in [5, 5.41) is 0. The zero-order chi connectivity index (χ0) is 21.6. The Hall–Kier alpha value is -3.41. The summed E-state index contributed by atoms with van der Waals surface area (Å²) >= 11 is 0. The Bertz CT molecular complexity index is 1070. The van der Waals surface area contributed by atoms with Crippen LogP contribution >= 0.6 is 0 Å². The number of benzene rings is 2. The molecule has 0 bridgehead atoms. The summed E-state index contributed by atoms with van der Waals surface area (Å²) in [4.78, 5) is 41.5. The van der Waals surface area contributed by atoms with Gasteiger partial charge in [0.25, 0.3) is 11.8 Å². The molecular weight excluding hydrogens is 380 g/mol. The first-order chi connectivity index (χ1) is 14.2. The van der Waals surface area contributed by atoms with Crippen molar-refractivity contribution in [2.45, 2.75) is 33.2 Å². The van der Waals surface area contributed by atoms with Crippen LogP contribution in [0.4, 0.5) is 5.69 Å². The van der Waals surface area contributed by atoms with Crippen molar-refractivity contribution < 1.29 is 19.1 Å². The summed E-state index contributed by atoms with van der Waals surface area (Å²) in [6, 6.07) is 12.3. The van der Waals surface area contributed by atoms with Gasteiger partial charge in [0.1, 0.15) is 12.3 Å². The summed E-state index contributed by atoms with van der Waals surface area (Å²) < 4.78 is 5.61. The van der Waals surface area contributed by atoms with Crippen molar-refractivity contribution in [3.8, 4) is 5.75 Å². The molecule has 2 heterocycles. The van der Waals surface area contributed by atoms with Gasteiger partial charge in [-0.25, -0.2) is 0 Å². The minimum absolute atomic E-state index is 0.310. The van der Waals surface area contributed by atoms with Crippen LogP contribution in [0.15, 0.2) is 48.5 Å². The summed E-state index contributed by atoms with van der Waals surface area (Å²) in [7, 11) is 0. The molecule has 0 fully saturated rings. The Balaban J connectivity index is 1.68. The molecule has 6 heteroatoms. The van der Waals surface area contributed by atoms with Crippen LogP contribution in [0.5, 0.6) is 5.75 Å². The lowest BCUT2D eigenvalue weighted by molar-refractivity contribution is -0.119. The van der Waals surface area contributed by atoms with E-state index in [0.29, 0.717) is 17.7 Å². The molecule has 0 aromatic heterocycles. The molecule has 2 aromatic carbocycles. The lowest BCUT2D eigenvalue weighted by Gasteiger charge is -2.42. The SMILES string of the molecule is CCOc1ccc2c(c1)C(C)=CC(C)(C)N2C(=O)CN1C(=O)c2ccccc2C1=O. The number of carbonyl (C=O) groups excluding carboxylic acids is 3. The number of allylic oxidation sites excluding steroid dienone is 1. The average molecular weight is 404 g/mol. The molecule has 6 nitrogen and oxygen atoms in total. The molecule has 4 rings (SSSR count). The van der Waals surface area contributed by atoms with Gasteiger partial charge in [-0.15, -0.1) is 0 Å². The van der Waals surface area contributed by atoms with Crippen molar-refractivity contribution in [1.29, 1.82) is 0 Å². The molecule has 30 heavy (non-hydrogen) atoms. The molecule has 0 aliphatic carbocycles.